The number of likely N-dealkylation sites (tertiary alicyclic amines) is 1. The summed E-state index contributed by atoms with van der Waals surface area (Å²) in [4.78, 5) is 14.4. The fraction of sp³-hybridized carbons (Fsp3) is 0.375. The van der Waals surface area contributed by atoms with Gasteiger partial charge in [-0.2, -0.15) is 5.10 Å². The molecule has 5 nitrogen and oxygen atoms in total. The average Bonchev–Trinajstić information content (AvgIpc) is 2.96. The van der Waals surface area contributed by atoms with Crippen LogP contribution in [0.5, 0.6) is 0 Å². The highest BCUT2D eigenvalue weighted by Crippen LogP contribution is 2.18. The number of carbonyl (C=O) groups excluding carboxylic acids is 1. The molecule has 2 atom stereocenters. The smallest absolute Gasteiger partial charge is 0.257 e. The number of nitrogens with two attached hydrogens (primary N) is 1. The molecule has 1 amide bonds. The average molecular weight is 284 g/mol. The number of nitrogens with zero attached hydrogens (tertiary/aromatic N) is 3. The van der Waals surface area contributed by atoms with Crippen LogP contribution in [0.25, 0.3) is 5.69 Å². The van der Waals surface area contributed by atoms with Crippen LogP contribution in [0.4, 0.5) is 0 Å². The van der Waals surface area contributed by atoms with Crippen molar-refractivity contribution in [2.45, 2.75) is 19.4 Å². The first-order valence-corrected chi connectivity index (χ1v) is 7.28. The van der Waals surface area contributed by atoms with E-state index in [0.717, 1.165) is 18.7 Å². The van der Waals surface area contributed by atoms with Gasteiger partial charge in [-0.3, -0.25) is 4.79 Å². The Bertz CT molecular complexity index is 612. The monoisotopic (exact) mass is 284 g/mol. The second-order valence-corrected chi connectivity index (χ2v) is 5.82. The Morgan fingerprint density at radius 1 is 1.29 bits per heavy atom. The van der Waals surface area contributed by atoms with E-state index in [4.69, 9.17) is 5.73 Å². The van der Waals surface area contributed by atoms with E-state index in [1.54, 1.807) is 17.1 Å². The fourth-order valence-corrected chi connectivity index (χ4v) is 2.90. The summed E-state index contributed by atoms with van der Waals surface area (Å²) >= 11 is 0. The summed E-state index contributed by atoms with van der Waals surface area (Å²) in [5, 5.41) is 4.28. The number of hydrogen-bond acceptors (Lipinski definition) is 3. The minimum atomic E-state index is 0.0131. The van der Waals surface area contributed by atoms with Gasteiger partial charge in [-0.1, -0.05) is 25.1 Å². The topological polar surface area (TPSA) is 64.2 Å². The molecular weight excluding hydrogens is 264 g/mol. The van der Waals surface area contributed by atoms with Gasteiger partial charge in [0.15, 0.2) is 0 Å². The van der Waals surface area contributed by atoms with Crippen molar-refractivity contribution in [1.29, 1.82) is 0 Å². The maximum Gasteiger partial charge on any atom is 0.257 e. The molecule has 1 saturated heterocycles. The molecule has 1 aliphatic heterocycles. The maximum absolute atomic E-state index is 12.6. The summed E-state index contributed by atoms with van der Waals surface area (Å²) in [6.07, 6.45) is 4.38. The van der Waals surface area contributed by atoms with Gasteiger partial charge in [0.05, 0.1) is 17.4 Å². The molecule has 1 fully saturated rings. The third kappa shape index (κ3) is 2.97. The molecule has 1 aliphatic rings. The van der Waals surface area contributed by atoms with E-state index in [0.29, 0.717) is 18.0 Å². The van der Waals surface area contributed by atoms with Gasteiger partial charge in [0.1, 0.15) is 0 Å². The Balaban J connectivity index is 1.78. The molecule has 1 aromatic heterocycles. The number of piperidine rings is 1. The zero-order valence-corrected chi connectivity index (χ0v) is 12.1. The van der Waals surface area contributed by atoms with Crippen LogP contribution in [0.1, 0.15) is 23.7 Å². The minimum absolute atomic E-state index is 0.0131. The lowest BCUT2D eigenvalue weighted by molar-refractivity contribution is 0.0661. The third-order valence-electron chi connectivity index (χ3n) is 3.83. The number of carbonyl (C=O) groups is 1. The van der Waals surface area contributed by atoms with Crippen LogP contribution in [-0.4, -0.2) is 39.7 Å². The van der Waals surface area contributed by atoms with E-state index in [2.05, 4.69) is 12.0 Å². The van der Waals surface area contributed by atoms with Gasteiger partial charge in [-0.15, -0.1) is 0 Å². The lowest BCUT2D eigenvalue weighted by Crippen LogP contribution is -2.48. The number of aromatic nitrogens is 2. The van der Waals surface area contributed by atoms with E-state index in [-0.39, 0.29) is 11.9 Å². The van der Waals surface area contributed by atoms with Crippen molar-refractivity contribution in [3.8, 4) is 5.69 Å². The van der Waals surface area contributed by atoms with Gasteiger partial charge in [0, 0.05) is 25.3 Å². The standard InChI is InChI=1S/C16H20N4O/c1-12-7-14(17)11-19(9-12)16(21)13-8-18-20(10-13)15-5-3-2-4-6-15/h2-6,8,10,12,14H,7,9,11,17H2,1H3. The highest BCUT2D eigenvalue weighted by Gasteiger charge is 2.27. The molecule has 0 bridgehead atoms. The van der Waals surface area contributed by atoms with Gasteiger partial charge < -0.3 is 10.6 Å². The van der Waals surface area contributed by atoms with Crippen molar-refractivity contribution in [1.82, 2.24) is 14.7 Å². The molecule has 0 spiro atoms. The molecule has 110 valence electrons. The number of para-hydroxylation sites is 1. The van der Waals surface area contributed by atoms with Crippen LogP contribution in [0.2, 0.25) is 0 Å². The molecule has 2 heterocycles. The lowest BCUT2D eigenvalue weighted by atomic mass is 9.96. The highest BCUT2D eigenvalue weighted by atomic mass is 16.2. The van der Waals surface area contributed by atoms with Gasteiger partial charge in [0.25, 0.3) is 5.91 Å². The van der Waals surface area contributed by atoms with Gasteiger partial charge in [-0.05, 0) is 24.5 Å². The predicted molar refractivity (Wildman–Crippen MR) is 81.2 cm³/mol. The number of rotatable bonds is 2. The first kappa shape index (κ1) is 13.8. The summed E-state index contributed by atoms with van der Waals surface area (Å²) in [7, 11) is 0. The van der Waals surface area contributed by atoms with Crippen molar-refractivity contribution in [2.24, 2.45) is 11.7 Å². The van der Waals surface area contributed by atoms with Gasteiger partial charge in [-0.25, -0.2) is 4.68 Å². The van der Waals surface area contributed by atoms with Crippen molar-refractivity contribution in [2.75, 3.05) is 13.1 Å². The van der Waals surface area contributed by atoms with Crippen LogP contribution in [0, 0.1) is 5.92 Å². The lowest BCUT2D eigenvalue weighted by Gasteiger charge is -2.34. The third-order valence-corrected chi connectivity index (χ3v) is 3.83. The molecular formula is C16H20N4O. The first-order valence-electron chi connectivity index (χ1n) is 7.28. The van der Waals surface area contributed by atoms with Crippen molar-refractivity contribution < 1.29 is 4.79 Å². The first-order chi connectivity index (χ1) is 10.1. The SMILES string of the molecule is CC1CC(N)CN(C(=O)c2cnn(-c3ccccc3)c2)C1. The molecule has 5 heteroatoms. The molecule has 21 heavy (non-hydrogen) atoms. The van der Waals surface area contributed by atoms with Crippen molar-refractivity contribution in [3.05, 3.63) is 48.3 Å². The van der Waals surface area contributed by atoms with Crippen LogP contribution >= 0.6 is 0 Å². The minimum Gasteiger partial charge on any atom is -0.337 e. The number of amides is 1. The molecule has 2 N–H and O–H groups in total. The Kier molecular flexibility index (Phi) is 3.75. The zero-order valence-electron chi connectivity index (χ0n) is 12.1. The highest BCUT2D eigenvalue weighted by molar-refractivity contribution is 5.94. The Morgan fingerprint density at radius 3 is 2.76 bits per heavy atom. The molecule has 0 saturated carbocycles. The van der Waals surface area contributed by atoms with E-state index < -0.39 is 0 Å². The fourth-order valence-electron chi connectivity index (χ4n) is 2.90. The van der Waals surface area contributed by atoms with Crippen molar-refractivity contribution in [3.63, 3.8) is 0 Å². The van der Waals surface area contributed by atoms with Crippen LogP contribution in [-0.2, 0) is 0 Å². The zero-order chi connectivity index (χ0) is 14.8. The second kappa shape index (κ2) is 5.69. The van der Waals surface area contributed by atoms with E-state index in [1.807, 2.05) is 35.2 Å². The summed E-state index contributed by atoms with van der Waals surface area (Å²) in [6, 6.07) is 9.84. The maximum atomic E-state index is 12.6. The summed E-state index contributed by atoms with van der Waals surface area (Å²) in [6.45, 7) is 3.52. The summed E-state index contributed by atoms with van der Waals surface area (Å²) in [5.41, 5.74) is 7.57. The Morgan fingerprint density at radius 2 is 2.05 bits per heavy atom. The quantitative estimate of drug-likeness (QED) is 0.912. The molecule has 1 aromatic carbocycles. The summed E-state index contributed by atoms with van der Waals surface area (Å²) in [5.74, 6) is 0.459. The molecule has 0 radical (unpaired) electrons. The normalized spacial score (nSPS) is 22.3. The van der Waals surface area contributed by atoms with E-state index in [1.165, 1.54) is 0 Å². The van der Waals surface area contributed by atoms with E-state index in [9.17, 15) is 4.79 Å². The molecule has 0 aliphatic carbocycles. The van der Waals surface area contributed by atoms with Crippen LogP contribution in [0.3, 0.4) is 0 Å². The largest absolute Gasteiger partial charge is 0.337 e. The molecule has 2 aromatic rings. The Hall–Kier alpha value is -2.14. The van der Waals surface area contributed by atoms with Crippen molar-refractivity contribution >= 4 is 5.91 Å². The Labute approximate surface area is 124 Å². The number of hydrogen-bond donors (Lipinski definition) is 1. The molecule has 2 unspecified atom stereocenters. The van der Waals surface area contributed by atoms with Crippen LogP contribution < -0.4 is 5.73 Å². The number of benzene rings is 1. The van der Waals surface area contributed by atoms with Gasteiger partial charge >= 0.3 is 0 Å². The van der Waals surface area contributed by atoms with E-state index >= 15 is 0 Å². The predicted octanol–water partition coefficient (Wildman–Crippen LogP) is 1.68. The summed E-state index contributed by atoms with van der Waals surface area (Å²) < 4.78 is 1.72. The van der Waals surface area contributed by atoms with Gasteiger partial charge in [0.2, 0.25) is 0 Å². The second-order valence-electron chi connectivity index (χ2n) is 5.82. The van der Waals surface area contributed by atoms with Crippen LogP contribution in [0.15, 0.2) is 42.7 Å². The molecule has 3 rings (SSSR count).